The van der Waals surface area contributed by atoms with E-state index in [0.717, 1.165) is 22.8 Å². The van der Waals surface area contributed by atoms with Crippen molar-refractivity contribution in [1.29, 1.82) is 0 Å². The standard InChI is InChI=1S/C26H29ClN4O2S/c1-16-17(2)31(20-10-7-9-19(27)15-20)18(3)23(16)25-24(21-11-5-6-13-28-21)29-26(34)30(25)14-8-12-22(32)33-4/h5-7,9-11,13,15,24-25H,8,12,14H2,1-4H3,(H,29,34). The third kappa shape index (κ3) is 4.55. The number of nitrogens with zero attached hydrogens (tertiary/aromatic N) is 3. The van der Waals surface area contributed by atoms with E-state index in [4.69, 9.17) is 28.6 Å². The van der Waals surface area contributed by atoms with E-state index in [1.807, 2.05) is 36.4 Å². The Kier molecular flexibility index (Phi) is 7.24. The van der Waals surface area contributed by atoms with E-state index in [9.17, 15) is 4.79 Å². The molecule has 0 amide bonds. The lowest BCUT2D eigenvalue weighted by atomic mass is 9.93. The third-order valence-corrected chi connectivity index (χ3v) is 7.16. The number of rotatable bonds is 7. The lowest BCUT2D eigenvalue weighted by Gasteiger charge is -2.29. The van der Waals surface area contributed by atoms with Gasteiger partial charge >= 0.3 is 5.97 Å². The summed E-state index contributed by atoms with van der Waals surface area (Å²) in [7, 11) is 1.42. The van der Waals surface area contributed by atoms with Gasteiger partial charge in [0.15, 0.2) is 5.11 Å². The number of nitrogens with one attached hydrogen (secondary N) is 1. The van der Waals surface area contributed by atoms with Gasteiger partial charge < -0.3 is 19.5 Å². The fraction of sp³-hybridized carbons (Fsp3) is 0.346. The lowest BCUT2D eigenvalue weighted by molar-refractivity contribution is -0.140. The number of ether oxygens (including phenoxy) is 1. The van der Waals surface area contributed by atoms with E-state index in [0.29, 0.717) is 29.5 Å². The molecule has 3 aromatic rings. The molecule has 0 radical (unpaired) electrons. The molecule has 0 spiro atoms. The van der Waals surface area contributed by atoms with Crippen LogP contribution >= 0.6 is 23.8 Å². The van der Waals surface area contributed by atoms with Crippen molar-refractivity contribution in [3.8, 4) is 5.69 Å². The molecule has 1 aromatic carbocycles. The fourth-order valence-electron chi connectivity index (χ4n) is 4.90. The second-order valence-electron chi connectivity index (χ2n) is 8.52. The smallest absolute Gasteiger partial charge is 0.305 e. The number of carbonyl (C=O) groups excluding carboxylic acids is 1. The second kappa shape index (κ2) is 10.2. The first-order chi connectivity index (χ1) is 16.3. The Morgan fingerprint density at radius 1 is 1.18 bits per heavy atom. The zero-order chi connectivity index (χ0) is 24.4. The molecule has 6 nitrogen and oxygen atoms in total. The van der Waals surface area contributed by atoms with Crippen LogP contribution in [0.1, 0.15) is 53.1 Å². The van der Waals surface area contributed by atoms with Gasteiger partial charge in [0, 0.05) is 46.8 Å². The maximum atomic E-state index is 11.7. The summed E-state index contributed by atoms with van der Waals surface area (Å²) in [5.41, 5.74) is 6.65. The van der Waals surface area contributed by atoms with Gasteiger partial charge in [-0.25, -0.2) is 0 Å². The van der Waals surface area contributed by atoms with Crippen molar-refractivity contribution in [1.82, 2.24) is 19.8 Å². The van der Waals surface area contributed by atoms with Crippen LogP contribution in [0, 0.1) is 20.8 Å². The van der Waals surface area contributed by atoms with Crippen LogP contribution in [-0.2, 0) is 9.53 Å². The molecule has 1 fully saturated rings. The molecule has 178 valence electrons. The Morgan fingerprint density at radius 3 is 2.65 bits per heavy atom. The number of carbonyl (C=O) groups is 1. The quantitative estimate of drug-likeness (QED) is 0.350. The second-order valence-corrected chi connectivity index (χ2v) is 9.35. The van der Waals surface area contributed by atoms with Crippen molar-refractivity contribution in [2.75, 3.05) is 13.7 Å². The minimum atomic E-state index is -0.216. The molecule has 3 heterocycles. The molecule has 4 rings (SSSR count). The molecular weight excluding hydrogens is 468 g/mol. The largest absolute Gasteiger partial charge is 0.469 e. The topological polar surface area (TPSA) is 59.4 Å². The molecular formula is C26H29ClN4O2S. The van der Waals surface area contributed by atoms with Crippen LogP contribution in [0.3, 0.4) is 0 Å². The summed E-state index contributed by atoms with van der Waals surface area (Å²) < 4.78 is 7.08. The number of esters is 1. The Labute approximate surface area is 210 Å². The summed E-state index contributed by atoms with van der Waals surface area (Å²) in [4.78, 5) is 18.6. The van der Waals surface area contributed by atoms with E-state index in [1.54, 1.807) is 6.20 Å². The van der Waals surface area contributed by atoms with Gasteiger partial charge in [0.1, 0.15) is 0 Å². The average Bonchev–Trinajstić information content (AvgIpc) is 3.26. The predicted molar refractivity (Wildman–Crippen MR) is 138 cm³/mol. The molecule has 1 saturated heterocycles. The molecule has 2 aromatic heterocycles. The number of hydrogen-bond donors (Lipinski definition) is 1. The summed E-state index contributed by atoms with van der Waals surface area (Å²) in [5.74, 6) is -0.216. The van der Waals surface area contributed by atoms with E-state index < -0.39 is 0 Å². The van der Waals surface area contributed by atoms with Gasteiger partial charge in [-0.15, -0.1) is 0 Å². The van der Waals surface area contributed by atoms with E-state index in [-0.39, 0.29) is 18.1 Å². The van der Waals surface area contributed by atoms with Gasteiger partial charge in [-0.3, -0.25) is 9.78 Å². The summed E-state index contributed by atoms with van der Waals surface area (Å²) in [6.45, 7) is 7.06. The summed E-state index contributed by atoms with van der Waals surface area (Å²) >= 11 is 12.1. The molecule has 1 N–H and O–H groups in total. The van der Waals surface area contributed by atoms with E-state index in [1.165, 1.54) is 18.2 Å². The number of methoxy groups -OCH3 is 1. The molecule has 1 aliphatic heterocycles. The Bertz CT molecular complexity index is 1210. The van der Waals surface area contributed by atoms with Crippen LogP contribution in [0.15, 0.2) is 48.7 Å². The first-order valence-corrected chi connectivity index (χ1v) is 12.1. The number of aromatic nitrogens is 2. The highest BCUT2D eigenvalue weighted by atomic mass is 35.5. The number of hydrogen-bond acceptors (Lipinski definition) is 4. The van der Waals surface area contributed by atoms with Crippen molar-refractivity contribution < 1.29 is 9.53 Å². The monoisotopic (exact) mass is 496 g/mol. The van der Waals surface area contributed by atoms with Crippen molar-refractivity contribution >= 4 is 34.9 Å². The van der Waals surface area contributed by atoms with Crippen LogP contribution < -0.4 is 5.32 Å². The molecule has 2 atom stereocenters. The molecule has 1 aliphatic rings. The number of thiocarbonyl (C=S) groups is 1. The van der Waals surface area contributed by atoms with Crippen molar-refractivity contribution in [3.63, 3.8) is 0 Å². The van der Waals surface area contributed by atoms with Crippen molar-refractivity contribution in [2.45, 2.75) is 45.7 Å². The number of pyridine rings is 1. The molecule has 2 unspecified atom stereocenters. The van der Waals surface area contributed by atoms with E-state index in [2.05, 4.69) is 46.6 Å². The Morgan fingerprint density at radius 2 is 1.97 bits per heavy atom. The zero-order valence-electron chi connectivity index (χ0n) is 19.8. The third-order valence-electron chi connectivity index (χ3n) is 6.57. The van der Waals surface area contributed by atoms with Gasteiger partial charge in [0.2, 0.25) is 0 Å². The highest BCUT2D eigenvalue weighted by molar-refractivity contribution is 7.80. The van der Waals surface area contributed by atoms with Gasteiger partial charge in [-0.05, 0) is 75.3 Å². The van der Waals surface area contributed by atoms with Crippen LogP contribution in [0.5, 0.6) is 0 Å². The number of benzene rings is 1. The zero-order valence-corrected chi connectivity index (χ0v) is 21.4. The molecule has 8 heteroatoms. The maximum absolute atomic E-state index is 11.7. The average molecular weight is 497 g/mol. The number of halogens is 1. The normalized spacial score (nSPS) is 17.7. The Hall–Kier alpha value is -2.90. The van der Waals surface area contributed by atoms with Crippen LogP contribution in [0.4, 0.5) is 0 Å². The van der Waals surface area contributed by atoms with Gasteiger partial charge in [-0.2, -0.15) is 0 Å². The fourth-order valence-corrected chi connectivity index (χ4v) is 5.42. The first kappa shape index (κ1) is 24.2. The van der Waals surface area contributed by atoms with Gasteiger partial charge in [0.05, 0.1) is 24.9 Å². The van der Waals surface area contributed by atoms with Crippen LogP contribution in [0.25, 0.3) is 5.69 Å². The van der Waals surface area contributed by atoms with Crippen LogP contribution in [0.2, 0.25) is 5.02 Å². The predicted octanol–water partition coefficient (Wildman–Crippen LogP) is 5.38. The van der Waals surface area contributed by atoms with Crippen molar-refractivity contribution in [2.24, 2.45) is 0 Å². The van der Waals surface area contributed by atoms with Crippen LogP contribution in [-0.4, -0.2) is 39.2 Å². The molecule has 34 heavy (non-hydrogen) atoms. The van der Waals surface area contributed by atoms with E-state index >= 15 is 0 Å². The molecule has 0 aliphatic carbocycles. The van der Waals surface area contributed by atoms with Gasteiger partial charge in [-0.1, -0.05) is 23.7 Å². The molecule has 0 bridgehead atoms. The maximum Gasteiger partial charge on any atom is 0.305 e. The van der Waals surface area contributed by atoms with Gasteiger partial charge in [0.25, 0.3) is 0 Å². The highest BCUT2D eigenvalue weighted by Crippen LogP contribution is 2.43. The lowest BCUT2D eigenvalue weighted by Crippen LogP contribution is -2.31. The van der Waals surface area contributed by atoms with Crippen molar-refractivity contribution in [3.05, 3.63) is 81.9 Å². The summed E-state index contributed by atoms with van der Waals surface area (Å²) in [6.07, 6.45) is 2.79. The first-order valence-electron chi connectivity index (χ1n) is 11.3. The minimum absolute atomic E-state index is 0.0702. The SMILES string of the molecule is COC(=O)CCCN1C(=S)NC(c2ccccn2)C1c1c(C)c(C)n(-c2cccc(Cl)c2)c1C. The minimum Gasteiger partial charge on any atom is -0.469 e. The summed E-state index contributed by atoms with van der Waals surface area (Å²) in [5, 5.41) is 4.86. The molecule has 0 saturated carbocycles. The summed E-state index contributed by atoms with van der Waals surface area (Å²) in [6, 6.07) is 13.6. The Balaban J connectivity index is 1.80. The highest BCUT2D eigenvalue weighted by Gasteiger charge is 2.42.